The van der Waals surface area contributed by atoms with E-state index in [2.05, 4.69) is 15.4 Å². The number of nitrogens with zero attached hydrogens (tertiary/aromatic N) is 3. The van der Waals surface area contributed by atoms with Crippen LogP contribution in [0.25, 0.3) is 33.5 Å². The van der Waals surface area contributed by atoms with Gasteiger partial charge in [0, 0.05) is 23.3 Å². The highest BCUT2D eigenvalue weighted by Gasteiger charge is 2.63. The first-order chi connectivity index (χ1) is 30.4. The largest absolute Gasteiger partial charge is 0.494 e. The summed E-state index contributed by atoms with van der Waals surface area (Å²) in [5.41, 5.74) is 0.507. The number of furan rings is 1. The summed E-state index contributed by atoms with van der Waals surface area (Å²) in [6, 6.07) is 12.6. The molecule has 4 fully saturated rings. The van der Waals surface area contributed by atoms with Crippen LogP contribution in [0.1, 0.15) is 97.3 Å². The van der Waals surface area contributed by atoms with E-state index in [4.69, 9.17) is 28.6 Å². The lowest BCUT2D eigenvalue weighted by Crippen LogP contribution is -2.58. The summed E-state index contributed by atoms with van der Waals surface area (Å²) in [5.74, 6) is -1.27. The molecule has 3 saturated carbocycles. The summed E-state index contributed by atoms with van der Waals surface area (Å²) >= 11 is 0. The topological polar surface area (TPSA) is 208 Å². The molecule has 5 aliphatic rings. The molecule has 2 aromatic carbocycles. The Hall–Kier alpha value is -5.71. The van der Waals surface area contributed by atoms with Crippen molar-refractivity contribution >= 4 is 55.9 Å². The van der Waals surface area contributed by atoms with E-state index in [-0.39, 0.29) is 37.0 Å². The molecule has 0 radical (unpaired) electrons. The Bertz CT molecular complexity index is 2550. The van der Waals surface area contributed by atoms with Crippen LogP contribution in [0.2, 0.25) is 0 Å². The zero-order valence-corrected chi connectivity index (χ0v) is 36.4. The quantitative estimate of drug-likeness (QED) is 0.152. The highest BCUT2D eigenvalue weighted by molar-refractivity contribution is 7.91. The van der Waals surface area contributed by atoms with Crippen molar-refractivity contribution in [2.24, 2.45) is 5.92 Å². The maximum Gasteiger partial charge on any atom is 0.408 e. The van der Waals surface area contributed by atoms with Gasteiger partial charge in [-0.25, -0.2) is 18.2 Å². The standard InChI is InChI=1S/C46H54N6O10S/c1-3-59-30-21-19-28(20-22-30)39-48-37-33-16-11-12-18-36(33)62-38(37)41(49-39)60-32-25-35-40(53)50-46(43(55)51-63(57,58)45(2)23-24-45)26-29(46)13-7-5-4-6-8-17-34(42(54)52(35)27-32)47-44(56)61-31-14-9-10-15-31/h7,11-13,16,18-22,29,31-32,34-35H,3-6,8-10,14-15,17,23-27H2,1-2H3,(H,47,56)(H,50,53)(H,51,55)/b13-7-/t29-,32-,34+,35+,46-/m1/s1. The van der Waals surface area contributed by atoms with E-state index in [1.54, 1.807) is 6.92 Å². The number of amides is 4. The van der Waals surface area contributed by atoms with Crippen molar-refractivity contribution < 1.29 is 46.2 Å². The third-order valence-electron chi connectivity index (χ3n) is 13.2. The Morgan fingerprint density at radius 1 is 0.968 bits per heavy atom. The van der Waals surface area contributed by atoms with E-state index in [0.29, 0.717) is 66.9 Å². The lowest BCUT2D eigenvalue weighted by Gasteiger charge is -2.30. The zero-order chi connectivity index (χ0) is 43.9. The number of carbonyl (C=O) groups excluding carboxylic acids is 4. The molecule has 0 unspecified atom stereocenters. The van der Waals surface area contributed by atoms with Crippen LogP contribution >= 0.6 is 0 Å². The number of para-hydroxylation sites is 1. The molecule has 2 aliphatic heterocycles. The van der Waals surface area contributed by atoms with Crippen LogP contribution in [-0.4, -0.2) is 94.8 Å². The van der Waals surface area contributed by atoms with Crippen LogP contribution in [0.15, 0.2) is 65.1 Å². The van der Waals surface area contributed by atoms with E-state index >= 15 is 0 Å². The molecular weight excluding hydrogens is 829 g/mol. The van der Waals surface area contributed by atoms with Crippen LogP contribution in [-0.2, 0) is 29.1 Å². The molecule has 4 amide bonds. The number of alkyl carbamates (subject to hydrolysis) is 1. The molecular formula is C46H54N6O10S. The molecule has 63 heavy (non-hydrogen) atoms. The minimum absolute atomic E-state index is 0.0184. The maximum absolute atomic E-state index is 14.8. The summed E-state index contributed by atoms with van der Waals surface area (Å²) in [6.45, 7) is 3.93. The molecule has 1 saturated heterocycles. The number of benzene rings is 2. The first-order valence-corrected chi connectivity index (χ1v) is 23.8. The molecule has 4 aromatic rings. The Morgan fingerprint density at radius 3 is 2.49 bits per heavy atom. The van der Waals surface area contributed by atoms with Gasteiger partial charge in [-0.15, -0.1) is 0 Å². The van der Waals surface area contributed by atoms with Crippen molar-refractivity contribution in [3.8, 4) is 23.0 Å². The fourth-order valence-corrected chi connectivity index (χ4v) is 10.4. The van der Waals surface area contributed by atoms with E-state index in [9.17, 15) is 27.6 Å². The third kappa shape index (κ3) is 8.68. The second-order valence-electron chi connectivity index (χ2n) is 17.8. The van der Waals surface area contributed by atoms with Gasteiger partial charge in [-0.3, -0.25) is 19.1 Å². The van der Waals surface area contributed by atoms with Crippen LogP contribution in [0.5, 0.6) is 11.6 Å². The normalized spacial score (nSPS) is 26.7. The molecule has 3 aliphatic carbocycles. The SMILES string of the molecule is CCOc1ccc(-c2nc(O[C@@H]3C[C@H]4C(=O)N[C@]5(C(=O)NS(=O)(=O)C6(C)CC6)C[C@H]5/C=C\CCCCC[C@H](NC(=O)OC5CCCC5)C(=O)N4C3)c3oc4ccccc4c3n2)cc1. The summed E-state index contributed by atoms with van der Waals surface area (Å²) in [6.07, 6.45) is 9.68. The van der Waals surface area contributed by atoms with Gasteiger partial charge >= 0.3 is 6.09 Å². The number of allylic oxidation sites excluding steroid dienone is 1. The summed E-state index contributed by atoms with van der Waals surface area (Å²) in [5, 5.41) is 6.49. The van der Waals surface area contributed by atoms with Gasteiger partial charge in [-0.2, -0.15) is 4.98 Å². The molecule has 17 heteroatoms. The smallest absolute Gasteiger partial charge is 0.408 e. The first kappa shape index (κ1) is 42.6. The molecule has 2 aromatic heterocycles. The molecule has 0 spiro atoms. The number of sulfonamides is 1. The first-order valence-electron chi connectivity index (χ1n) is 22.3. The number of hydrogen-bond donors (Lipinski definition) is 3. The Kier molecular flexibility index (Phi) is 11.6. The predicted molar refractivity (Wildman–Crippen MR) is 232 cm³/mol. The van der Waals surface area contributed by atoms with Crippen molar-refractivity contribution in [1.82, 2.24) is 30.2 Å². The van der Waals surface area contributed by atoms with Gasteiger partial charge in [-0.05, 0) is 114 Å². The summed E-state index contributed by atoms with van der Waals surface area (Å²) in [4.78, 5) is 68.0. The monoisotopic (exact) mass is 882 g/mol. The van der Waals surface area contributed by atoms with Gasteiger partial charge in [-0.1, -0.05) is 37.1 Å². The van der Waals surface area contributed by atoms with Gasteiger partial charge < -0.3 is 34.2 Å². The second-order valence-corrected chi connectivity index (χ2v) is 20.0. The van der Waals surface area contributed by atoms with Crippen LogP contribution < -0.4 is 24.8 Å². The Morgan fingerprint density at radius 2 is 1.73 bits per heavy atom. The summed E-state index contributed by atoms with van der Waals surface area (Å²) in [7, 11) is -4.02. The predicted octanol–water partition coefficient (Wildman–Crippen LogP) is 6.22. The molecule has 3 N–H and O–H groups in total. The minimum atomic E-state index is -4.02. The fraction of sp³-hybridized carbons (Fsp3) is 0.522. The van der Waals surface area contributed by atoms with Crippen LogP contribution in [0, 0.1) is 5.92 Å². The fourth-order valence-electron chi connectivity index (χ4n) is 9.08. The molecule has 4 heterocycles. The molecule has 9 rings (SSSR count). The lowest BCUT2D eigenvalue weighted by molar-refractivity contribution is -0.141. The molecule has 5 atom stereocenters. The van der Waals surface area contributed by atoms with Gasteiger partial charge in [0.05, 0.1) is 17.9 Å². The summed E-state index contributed by atoms with van der Waals surface area (Å²) < 4.78 is 52.1. The molecule has 0 bridgehead atoms. The van der Waals surface area contributed by atoms with Crippen molar-refractivity contribution in [2.75, 3.05) is 13.2 Å². The van der Waals surface area contributed by atoms with Gasteiger partial charge in [0.2, 0.25) is 27.4 Å². The average molecular weight is 883 g/mol. The van der Waals surface area contributed by atoms with E-state index in [1.807, 2.05) is 67.6 Å². The second kappa shape index (κ2) is 17.1. The maximum atomic E-state index is 14.8. The van der Waals surface area contributed by atoms with Crippen molar-refractivity contribution in [2.45, 2.75) is 132 Å². The number of hydrogen-bond acceptors (Lipinski definition) is 12. The number of rotatable bonds is 10. The highest BCUT2D eigenvalue weighted by Crippen LogP contribution is 2.48. The minimum Gasteiger partial charge on any atom is -0.494 e. The van der Waals surface area contributed by atoms with Gasteiger partial charge in [0.1, 0.15) is 46.7 Å². The van der Waals surface area contributed by atoms with Gasteiger partial charge in [0.15, 0.2) is 5.82 Å². The number of ether oxygens (including phenoxy) is 3. The van der Waals surface area contributed by atoms with Crippen molar-refractivity contribution in [3.05, 3.63) is 60.7 Å². The highest BCUT2D eigenvalue weighted by atomic mass is 32.2. The van der Waals surface area contributed by atoms with Crippen molar-refractivity contribution in [3.63, 3.8) is 0 Å². The third-order valence-corrected chi connectivity index (χ3v) is 15.4. The Labute approximate surface area is 365 Å². The average Bonchev–Trinajstić information content (AvgIpc) is 3.92. The van der Waals surface area contributed by atoms with Crippen molar-refractivity contribution in [1.29, 1.82) is 0 Å². The number of carbonyl (C=O) groups is 4. The van der Waals surface area contributed by atoms with Crippen LogP contribution in [0.3, 0.4) is 0 Å². The van der Waals surface area contributed by atoms with E-state index in [1.165, 1.54) is 4.90 Å². The molecule has 334 valence electrons. The van der Waals surface area contributed by atoms with E-state index in [0.717, 1.165) is 43.9 Å². The lowest BCUT2D eigenvalue weighted by atomic mass is 10.0. The Balaban J connectivity index is 1.05. The van der Waals surface area contributed by atoms with E-state index < -0.39 is 68.2 Å². The number of aromatic nitrogens is 2. The molecule has 16 nitrogen and oxygen atoms in total. The number of nitrogens with one attached hydrogen (secondary N) is 3. The van der Waals surface area contributed by atoms with Gasteiger partial charge in [0.25, 0.3) is 11.8 Å². The van der Waals surface area contributed by atoms with Crippen LogP contribution in [0.4, 0.5) is 4.79 Å². The number of fused-ring (bicyclic) bond motifs is 5. The zero-order valence-electron chi connectivity index (χ0n) is 35.6.